The highest BCUT2D eigenvalue weighted by Crippen LogP contribution is 2.26. The Kier molecular flexibility index (Phi) is 8.36. The molecule has 0 bridgehead atoms. The zero-order valence-corrected chi connectivity index (χ0v) is 20.2. The van der Waals surface area contributed by atoms with Crippen LogP contribution in [0.2, 0.25) is 0 Å². The second kappa shape index (κ2) is 11.8. The molecule has 1 aromatic carbocycles. The molecule has 0 aliphatic carbocycles. The van der Waals surface area contributed by atoms with E-state index in [2.05, 4.69) is 29.8 Å². The van der Waals surface area contributed by atoms with E-state index in [9.17, 15) is 13.6 Å². The van der Waals surface area contributed by atoms with Gasteiger partial charge in [-0.1, -0.05) is 12.1 Å². The fraction of sp³-hybridized carbons (Fsp3) is 0.458. The van der Waals surface area contributed by atoms with Crippen LogP contribution < -0.4 is 15.1 Å². The predicted octanol–water partition coefficient (Wildman–Crippen LogP) is 3.73. The number of aromatic nitrogens is 4. The average molecular weight is 503 g/mol. The monoisotopic (exact) mass is 502 g/mol. The van der Waals surface area contributed by atoms with E-state index in [-0.39, 0.29) is 5.75 Å². The number of anilines is 1. The van der Waals surface area contributed by atoms with Crippen molar-refractivity contribution in [2.45, 2.75) is 39.0 Å². The summed E-state index contributed by atoms with van der Waals surface area (Å²) in [7, 11) is 1.18. The van der Waals surface area contributed by atoms with Gasteiger partial charge in [0.25, 0.3) is 5.91 Å². The number of nitrogens with zero attached hydrogens (tertiary/aromatic N) is 5. The number of benzene rings is 1. The summed E-state index contributed by atoms with van der Waals surface area (Å²) in [5.41, 5.74) is 1.90. The highest BCUT2D eigenvalue weighted by molar-refractivity contribution is 5.94. The zero-order valence-electron chi connectivity index (χ0n) is 20.2. The lowest BCUT2D eigenvalue weighted by atomic mass is 9.92. The van der Waals surface area contributed by atoms with E-state index in [0.29, 0.717) is 42.2 Å². The Morgan fingerprint density at radius 1 is 1.19 bits per heavy atom. The van der Waals surface area contributed by atoms with Gasteiger partial charge >= 0.3 is 0 Å². The van der Waals surface area contributed by atoms with Crippen LogP contribution in [0.25, 0.3) is 11.4 Å². The molecule has 1 aliphatic heterocycles. The number of piperidine rings is 1. The van der Waals surface area contributed by atoms with Gasteiger partial charge in [0.15, 0.2) is 0 Å². The first kappa shape index (κ1) is 25.4. The van der Waals surface area contributed by atoms with Crippen molar-refractivity contribution >= 4 is 11.9 Å². The number of ether oxygens (including phenoxy) is 1. The van der Waals surface area contributed by atoms with Crippen molar-refractivity contribution < 1.29 is 27.7 Å². The second-order valence-electron chi connectivity index (χ2n) is 8.46. The Labute approximate surface area is 207 Å². The summed E-state index contributed by atoms with van der Waals surface area (Å²) in [6.07, 6.45) is 7.74. The lowest BCUT2D eigenvalue weighted by Gasteiger charge is -2.32. The minimum Gasteiger partial charge on any atom is -0.493 e. The molecule has 1 saturated heterocycles. The molecule has 0 unspecified atom stereocenters. The van der Waals surface area contributed by atoms with Gasteiger partial charge in [0.05, 0.1) is 19.3 Å². The van der Waals surface area contributed by atoms with E-state index in [1.54, 1.807) is 12.4 Å². The lowest BCUT2D eigenvalue weighted by Crippen LogP contribution is -2.34. The maximum atomic E-state index is 14.1. The Bertz CT molecular complexity index is 1140. The Morgan fingerprint density at radius 3 is 2.50 bits per heavy atom. The largest absolute Gasteiger partial charge is 0.493 e. The summed E-state index contributed by atoms with van der Waals surface area (Å²) in [4.78, 5) is 31.4. The molecule has 12 heteroatoms. The summed E-state index contributed by atoms with van der Waals surface area (Å²) >= 11 is 0. The molecular formula is C24H28F2N6O4. The van der Waals surface area contributed by atoms with Gasteiger partial charge in [0.2, 0.25) is 17.7 Å². The zero-order chi connectivity index (χ0) is 25.5. The lowest BCUT2D eigenvalue weighted by molar-refractivity contribution is 0.0529. The third-order valence-corrected chi connectivity index (χ3v) is 6.03. The summed E-state index contributed by atoms with van der Waals surface area (Å²) in [5, 5.41) is 3.94. The Balaban J connectivity index is 1.20. The van der Waals surface area contributed by atoms with E-state index >= 15 is 0 Å². The normalized spacial score (nSPS) is 14.2. The molecule has 3 heterocycles. The average Bonchev–Trinajstić information content (AvgIpc) is 3.36. The first-order valence-electron chi connectivity index (χ1n) is 11.8. The highest BCUT2D eigenvalue weighted by atomic mass is 19.1. The topological polar surface area (TPSA) is 116 Å². The molecule has 1 N–H and O–H groups in total. The Morgan fingerprint density at radius 2 is 1.89 bits per heavy atom. The van der Waals surface area contributed by atoms with E-state index < -0.39 is 23.1 Å². The van der Waals surface area contributed by atoms with Crippen LogP contribution in [0.4, 0.5) is 14.7 Å². The van der Waals surface area contributed by atoms with Gasteiger partial charge in [-0.15, -0.1) is 0 Å². The smallest absolute Gasteiger partial charge is 0.280 e. The van der Waals surface area contributed by atoms with Gasteiger partial charge in [-0.25, -0.2) is 24.2 Å². The minimum atomic E-state index is -1.01. The number of carbonyl (C=O) groups excluding carboxylic acids is 1. The van der Waals surface area contributed by atoms with Gasteiger partial charge in [0, 0.05) is 44.0 Å². The van der Waals surface area contributed by atoms with Crippen LogP contribution >= 0.6 is 0 Å². The van der Waals surface area contributed by atoms with Crippen LogP contribution in [-0.4, -0.2) is 52.8 Å². The fourth-order valence-corrected chi connectivity index (χ4v) is 4.09. The number of nitrogens with one attached hydrogen (secondary N) is 1. The molecule has 1 amide bonds. The Hall–Kier alpha value is -3.67. The third-order valence-electron chi connectivity index (χ3n) is 6.03. The summed E-state index contributed by atoms with van der Waals surface area (Å²) in [6, 6.07) is 2.00. The molecule has 3 aromatic rings. The minimum absolute atomic E-state index is 0.0427. The van der Waals surface area contributed by atoms with Crippen molar-refractivity contribution in [3.8, 4) is 17.1 Å². The predicted molar refractivity (Wildman–Crippen MR) is 125 cm³/mol. The van der Waals surface area contributed by atoms with Crippen LogP contribution in [0.1, 0.15) is 48.9 Å². The van der Waals surface area contributed by atoms with Crippen molar-refractivity contribution in [3.63, 3.8) is 0 Å². The number of hydrogen-bond donors (Lipinski definition) is 1. The number of amides is 1. The molecule has 1 aliphatic rings. The molecule has 1 fully saturated rings. The molecule has 0 atom stereocenters. The van der Waals surface area contributed by atoms with Crippen molar-refractivity contribution in [2.75, 3.05) is 31.7 Å². The molecule has 36 heavy (non-hydrogen) atoms. The van der Waals surface area contributed by atoms with E-state index in [1.165, 1.54) is 7.11 Å². The molecule has 0 saturated carbocycles. The first-order chi connectivity index (χ1) is 17.5. The van der Waals surface area contributed by atoms with Crippen LogP contribution in [0.15, 0.2) is 29.0 Å². The number of hydroxylamine groups is 1. The van der Waals surface area contributed by atoms with Crippen LogP contribution in [0, 0.1) is 17.6 Å². The van der Waals surface area contributed by atoms with E-state index in [0.717, 1.165) is 50.9 Å². The standard InChI is InChI=1S/C24H28F2N6O4/c1-3-20-29-22(30-36-20)16-13-27-24(28-14-16)32-8-6-15(7-9-32)5-4-10-35-17-11-18(25)21(19(26)12-17)23(33)31-34-2/h11-15H,3-10H2,1-2H3,(H,31,33). The van der Waals surface area contributed by atoms with Crippen LogP contribution in [0.3, 0.4) is 0 Å². The number of carbonyl (C=O) groups is 1. The summed E-state index contributed by atoms with van der Waals surface area (Å²) in [6.45, 7) is 3.95. The molecule has 10 nitrogen and oxygen atoms in total. The van der Waals surface area contributed by atoms with E-state index in [4.69, 9.17) is 9.26 Å². The number of halogens is 2. The molecule has 4 rings (SSSR count). The van der Waals surface area contributed by atoms with Gasteiger partial charge in [-0.2, -0.15) is 4.98 Å². The van der Waals surface area contributed by atoms with Crippen molar-refractivity contribution in [1.29, 1.82) is 0 Å². The van der Waals surface area contributed by atoms with Gasteiger partial charge in [0.1, 0.15) is 22.9 Å². The maximum absolute atomic E-state index is 14.1. The number of aryl methyl sites for hydroxylation is 1. The molecule has 192 valence electrons. The van der Waals surface area contributed by atoms with Gasteiger partial charge in [-0.05, 0) is 31.6 Å². The third kappa shape index (κ3) is 6.11. The first-order valence-corrected chi connectivity index (χ1v) is 11.8. The molecule has 0 radical (unpaired) electrons. The number of rotatable bonds is 10. The van der Waals surface area contributed by atoms with Crippen molar-refractivity contribution in [2.24, 2.45) is 5.92 Å². The second-order valence-corrected chi connectivity index (χ2v) is 8.46. The van der Waals surface area contributed by atoms with E-state index in [1.807, 2.05) is 12.4 Å². The molecular weight excluding hydrogens is 474 g/mol. The fourth-order valence-electron chi connectivity index (χ4n) is 4.09. The summed E-state index contributed by atoms with van der Waals surface area (Å²) < 4.78 is 38.9. The quantitative estimate of drug-likeness (QED) is 0.327. The van der Waals surface area contributed by atoms with Crippen molar-refractivity contribution in [1.82, 2.24) is 25.6 Å². The van der Waals surface area contributed by atoms with Gasteiger partial charge < -0.3 is 14.2 Å². The molecule has 0 spiro atoms. The molecule has 2 aromatic heterocycles. The highest BCUT2D eigenvalue weighted by Gasteiger charge is 2.22. The van der Waals surface area contributed by atoms with Crippen molar-refractivity contribution in [3.05, 3.63) is 47.6 Å². The van der Waals surface area contributed by atoms with Crippen LogP contribution in [-0.2, 0) is 11.3 Å². The van der Waals surface area contributed by atoms with Gasteiger partial charge in [-0.3, -0.25) is 9.63 Å². The number of hydrogen-bond acceptors (Lipinski definition) is 9. The maximum Gasteiger partial charge on any atom is 0.280 e. The SMILES string of the molecule is CCc1nc(-c2cnc(N3CCC(CCCOc4cc(F)c(C(=O)NOC)c(F)c4)CC3)nc2)no1. The summed E-state index contributed by atoms with van der Waals surface area (Å²) in [5.74, 6) is -0.722. The van der Waals surface area contributed by atoms with Crippen LogP contribution in [0.5, 0.6) is 5.75 Å².